The number of carboxylic acid groups (broad SMARTS) is 1. The topological polar surface area (TPSA) is 99.9 Å². The van der Waals surface area contributed by atoms with Crippen molar-refractivity contribution < 1.29 is 23.9 Å². The minimum Gasteiger partial charge on any atom is -0.478 e. The monoisotopic (exact) mass is 370 g/mol. The molecule has 0 saturated heterocycles. The van der Waals surface area contributed by atoms with Gasteiger partial charge in [-0.15, -0.1) is 0 Å². The van der Waals surface area contributed by atoms with Gasteiger partial charge in [0.25, 0.3) is 5.91 Å². The molecule has 142 valence electrons. The van der Waals surface area contributed by atoms with Crippen LogP contribution in [0.5, 0.6) is 0 Å². The number of amides is 2. The fourth-order valence-electron chi connectivity index (χ4n) is 3.21. The Bertz CT molecular complexity index is 857. The van der Waals surface area contributed by atoms with Crippen molar-refractivity contribution in [2.45, 2.75) is 32.9 Å². The van der Waals surface area contributed by atoms with Crippen LogP contribution in [0.1, 0.15) is 45.9 Å². The zero-order valence-electron chi connectivity index (χ0n) is 15.3. The van der Waals surface area contributed by atoms with Crippen molar-refractivity contribution in [3.63, 3.8) is 0 Å². The van der Waals surface area contributed by atoms with Crippen molar-refractivity contribution in [1.29, 1.82) is 0 Å². The van der Waals surface area contributed by atoms with Crippen molar-refractivity contribution in [3.8, 4) is 0 Å². The van der Waals surface area contributed by atoms with Crippen LogP contribution in [-0.4, -0.2) is 40.4 Å². The largest absolute Gasteiger partial charge is 0.478 e. The van der Waals surface area contributed by atoms with Gasteiger partial charge in [-0.25, -0.2) is 4.79 Å². The van der Waals surface area contributed by atoms with Crippen LogP contribution in [-0.2, 0) is 17.8 Å². The molecular weight excluding hydrogens is 348 g/mol. The standard InChI is InChI=1S/C20H22N2O5/c1-12(2)17(21-18(23)16-4-3-9-27-16)19(24)22-8-7-13-5-6-14(20(25)26)10-15(13)11-22/h3-6,9-10,12,17H,7-8,11H2,1-2H3,(H,21,23)(H,25,26). The van der Waals surface area contributed by atoms with Gasteiger partial charge in [-0.2, -0.15) is 0 Å². The average Bonchev–Trinajstić information content (AvgIpc) is 3.19. The molecule has 0 spiro atoms. The van der Waals surface area contributed by atoms with Gasteiger partial charge in [0, 0.05) is 13.1 Å². The summed E-state index contributed by atoms with van der Waals surface area (Å²) in [6, 6.07) is 7.47. The molecule has 2 aromatic rings. The lowest BCUT2D eigenvalue weighted by atomic mass is 9.95. The molecule has 1 atom stereocenters. The van der Waals surface area contributed by atoms with E-state index in [9.17, 15) is 19.5 Å². The zero-order chi connectivity index (χ0) is 19.6. The molecule has 0 fully saturated rings. The molecule has 1 aromatic heterocycles. The summed E-state index contributed by atoms with van der Waals surface area (Å²) in [5.74, 6) is -1.56. The second-order valence-corrected chi connectivity index (χ2v) is 6.97. The van der Waals surface area contributed by atoms with E-state index < -0.39 is 17.9 Å². The summed E-state index contributed by atoms with van der Waals surface area (Å²) >= 11 is 0. The number of benzene rings is 1. The summed E-state index contributed by atoms with van der Waals surface area (Å²) in [5.41, 5.74) is 2.08. The Morgan fingerprint density at radius 3 is 2.59 bits per heavy atom. The zero-order valence-corrected chi connectivity index (χ0v) is 15.3. The third kappa shape index (κ3) is 4.02. The molecule has 0 saturated carbocycles. The number of nitrogens with one attached hydrogen (secondary N) is 1. The first-order chi connectivity index (χ1) is 12.9. The van der Waals surface area contributed by atoms with Crippen LogP contribution in [0.3, 0.4) is 0 Å². The van der Waals surface area contributed by atoms with E-state index in [1.165, 1.54) is 6.26 Å². The third-order valence-electron chi connectivity index (χ3n) is 4.74. The van der Waals surface area contributed by atoms with E-state index in [0.29, 0.717) is 19.5 Å². The Hall–Kier alpha value is -3.09. The lowest BCUT2D eigenvalue weighted by Crippen LogP contribution is -2.52. The molecule has 1 aliphatic heterocycles. The molecule has 2 N–H and O–H groups in total. The van der Waals surface area contributed by atoms with Crippen molar-refractivity contribution in [2.24, 2.45) is 5.92 Å². The molecule has 0 aliphatic carbocycles. The van der Waals surface area contributed by atoms with E-state index in [1.54, 1.807) is 35.2 Å². The quantitative estimate of drug-likeness (QED) is 0.841. The van der Waals surface area contributed by atoms with Gasteiger partial charge in [-0.3, -0.25) is 9.59 Å². The first-order valence-electron chi connectivity index (χ1n) is 8.85. The van der Waals surface area contributed by atoms with Crippen molar-refractivity contribution in [1.82, 2.24) is 10.2 Å². The van der Waals surface area contributed by atoms with E-state index in [-0.39, 0.29) is 23.1 Å². The predicted octanol–water partition coefficient (Wildman–Crippen LogP) is 2.32. The van der Waals surface area contributed by atoms with E-state index in [2.05, 4.69) is 5.32 Å². The maximum atomic E-state index is 13.0. The van der Waals surface area contributed by atoms with Crippen LogP contribution in [0.15, 0.2) is 41.0 Å². The number of aromatic carboxylic acids is 1. The molecule has 27 heavy (non-hydrogen) atoms. The molecule has 3 rings (SSSR count). The van der Waals surface area contributed by atoms with E-state index >= 15 is 0 Å². The number of fused-ring (bicyclic) bond motifs is 1. The average molecular weight is 370 g/mol. The summed E-state index contributed by atoms with van der Waals surface area (Å²) in [5, 5.41) is 11.9. The predicted molar refractivity (Wildman–Crippen MR) is 97.3 cm³/mol. The fourth-order valence-corrected chi connectivity index (χ4v) is 3.21. The lowest BCUT2D eigenvalue weighted by molar-refractivity contribution is -0.135. The van der Waals surface area contributed by atoms with Gasteiger partial charge in [0.05, 0.1) is 11.8 Å². The molecule has 2 amide bonds. The van der Waals surface area contributed by atoms with Crippen LogP contribution in [0.2, 0.25) is 0 Å². The number of hydrogen-bond acceptors (Lipinski definition) is 4. The van der Waals surface area contributed by atoms with Crippen LogP contribution >= 0.6 is 0 Å². The maximum Gasteiger partial charge on any atom is 0.335 e. The van der Waals surface area contributed by atoms with Gasteiger partial charge in [0.2, 0.25) is 5.91 Å². The van der Waals surface area contributed by atoms with Crippen molar-refractivity contribution in [2.75, 3.05) is 6.54 Å². The first-order valence-corrected chi connectivity index (χ1v) is 8.85. The van der Waals surface area contributed by atoms with Gasteiger partial charge in [-0.05, 0) is 47.7 Å². The minimum atomic E-state index is -0.994. The second-order valence-electron chi connectivity index (χ2n) is 6.97. The summed E-state index contributed by atoms with van der Waals surface area (Å²) in [6.45, 7) is 4.59. The minimum absolute atomic E-state index is 0.108. The Morgan fingerprint density at radius 2 is 1.96 bits per heavy atom. The Kier molecular flexibility index (Phi) is 5.30. The summed E-state index contributed by atoms with van der Waals surface area (Å²) in [7, 11) is 0. The first kappa shape index (κ1) is 18.7. The third-order valence-corrected chi connectivity index (χ3v) is 4.74. The van der Waals surface area contributed by atoms with Crippen LogP contribution < -0.4 is 5.32 Å². The van der Waals surface area contributed by atoms with E-state index in [0.717, 1.165) is 11.1 Å². The number of nitrogens with zero attached hydrogens (tertiary/aromatic N) is 1. The number of carboxylic acids is 1. The molecular formula is C20H22N2O5. The van der Waals surface area contributed by atoms with Crippen LogP contribution in [0.4, 0.5) is 0 Å². The molecule has 1 aliphatic rings. The van der Waals surface area contributed by atoms with Gasteiger partial charge < -0.3 is 19.7 Å². The molecule has 0 radical (unpaired) electrons. The number of carbonyl (C=O) groups is 3. The number of carbonyl (C=O) groups excluding carboxylic acids is 2. The normalized spacial score (nSPS) is 14.6. The van der Waals surface area contributed by atoms with Gasteiger partial charge in [-0.1, -0.05) is 19.9 Å². The van der Waals surface area contributed by atoms with Crippen LogP contribution in [0, 0.1) is 5.92 Å². The molecule has 1 unspecified atom stereocenters. The Labute approximate surface area is 157 Å². The van der Waals surface area contributed by atoms with E-state index in [1.807, 2.05) is 13.8 Å². The van der Waals surface area contributed by atoms with Gasteiger partial charge >= 0.3 is 5.97 Å². The van der Waals surface area contributed by atoms with Crippen molar-refractivity contribution >= 4 is 17.8 Å². The summed E-state index contributed by atoms with van der Waals surface area (Å²) in [6.07, 6.45) is 2.06. The van der Waals surface area contributed by atoms with Gasteiger partial charge in [0.1, 0.15) is 6.04 Å². The van der Waals surface area contributed by atoms with Crippen LogP contribution in [0.25, 0.3) is 0 Å². The van der Waals surface area contributed by atoms with Gasteiger partial charge in [0.15, 0.2) is 5.76 Å². The molecule has 1 aromatic carbocycles. The molecule has 0 bridgehead atoms. The maximum absolute atomic E-state index is 13.0. The number of furan rings is 1. The highest BCUT2D eigenvalue weighted by molar-refractivity contribution is 5.95. The highest BCUT2D eigenvalue weighted by Gasteiger charge is 2.31. The Morgan fingerprint density at radius 1 is 1.19 bits per heavy atom. The number of rotatable bonds is 5. The lowest BCUT2D eigenvalue weighted by Gasteiger charge is -2.33. The second kappa shape index (κ2) is 7.65. The number of hydrogen-bond donors (Lipinski definition) is 2. The highest BCUT2D eigenvalue weighted by Crippen LogP contribution is 2.22. The highest BCUT2D eigenvalue weighted by atomic mass is 16.4. The van der Waals surface area contributed by atoms with E-state index in [4.69, 9.17) is 4.42 Å². The smallest absolute Gasteiger partial charge is 0.335 e. The molecule has 7 heteroatoms. The molecule has 2 heterocycles. The summed E-state index contributed by atoms with van der Waals surface area (Å²) in [4.78, 5) is 38.2. The van der Waals surface area contributed by atoms with Crippen molar-refractivity contribution in [3.05, 3.63) is 59.0 Å². The SMILES string of the molecule is CC(C)C(NC(=O)c1ccco1)C(=O)N1CCc2ccc(C(=O)O)cc2C1. The molecule has 7 nitrogen and oxygen atoms in total. The summed E-state index contributed by atoms with van der Waals surface area (Å²) < 4.78 is 5.09. The Balaban J connectivity index is 1.76. The fraction of sp³-hybridized carbons (Fsp3) is 0.350.